The summed E-state index contributed by atoms with van der Waals surface area (Å²) in [5, 5.41) is 21.0. The van der Waals surface area contributed by atoms with Crippen molar-refractivity contribution < 1.29 is 61.8 Å². The number of hydrogen-bond acceptors (Lipinski definition) is 13. The number of esters is 2. The third-order valence-electron chi connectivity index (χ3n) is 14.2. The fourth-order valence-corrected chi connectivity index (χ4v) is 8.79. The summed E-state index contributed by atoms with van der Waals surface area (Å²) < 4.78 is 21.8. The maximum Gasteiger partial charge on any atom is 0.305 e. The molecule has 0 aliphatic heterocycles. The van der Waals surface area contributed by atoms with E-state index in [2.05, 4.69) is 111 Å². The molecule has 4 atom stereocenters. The molecule has 0 fully saturated rings. The van der Waals surface area contributed by atoms with Gasteiger partial charge >= 0.3 is 11.9 Å². The Morgan fingerprint density at radius 2 is 0.857 bits per heavy atom. The van der Waals surface area contributed by atoms with E-state index in [0.29, 0.717) is 55.8 Å². The first kappa shape index (κ1) is 71.9. The highest BCUT2D eigenvalue weighted by molar-refractivity contribution is 6.74. The van der Waals surface area contributed by atoms with Gasteiger partial charge in [0.1, 0.15) is 0 Å². The second-order valence-corrected chi connectivity index (χ2v) is 32.6. The lowest BCUT2D eigenvalue weighted by Gasteiger charge is -2.36. The van der Waals surface area contributed by atoms with Crippen molar-refractivity contribution in [3.8, 4) is 0 Å². The predicted octanol–water partition coefficient (Wildman–Crippen LogP) is 10.7. The lowest BCUT2D eigenvalue weighted by atomic mass is 9.99. The minimum Gasteiger partial charge on any atom is -0.469 e. The van der Waals surface area contributed by atoms with Crippen LogP contribution in [0.3, 0.4) is 0 Å². The SMILES string of the molecule is C.CCc1cc(CO[Si](C)(C)C(C)(C)C)cc(NC(=O)[C@H](C)CC(=O)[C@H](C)NC(=O)CCCCC(=O)OC)c1.COC(=O)CCCCC(=O)N[C@@H](C)C(=O)C[C@@H](C)C(=O)Nc1cc(CO)cc(CO[Si](C)(C)C(C)(C)C)c1. The highest BCUT2D eigenvalue weighted by Crippen LogP contribution is 2.38. The van der Waals surface area contributed by atoms with Crippen molar-refractivity contribution in [2.24, 2.45) is 11.8 Å². The van der Waals surface area contributed by atoms with Gasteiger partial charge in [-0.15, -0.1) is 0 Å². The number of ketones is 2. The van der Waals surface area contributed by atoms with Gasteiger partial charge in [-0.25, -0.2) is 0 Å². The van der Waals surface area contributed by atoms with Gasteiger partial charge in [-0.2, -0.15) is 0 Å². The normalized spacial score (nSPS) is 13.2. The fourth-order valence-electron chi connectivity index (χ4n) is 6.87. The standard InChI is InChI=1S/C29H48N2O6Si.C28H46N2O7Si.CH4/c1-10-22-16-23(19-37-38(8,9)29(4,5)6)18-24(17-22)31-28(35)20(2)15-25(32)21(3)30-26(33)13-11-12-14-27(34)36-7;1-19(13-24(32)20(2)29-25(33)11-9-10-12-26(34)36-6)27(35)30-23-15-21(17-31)14-22(16-23)18-37-38(7,8)28(3,4)5;/h16-18,20-21H,10-15,19H2,1-9H3,(H,30,33)(H,31,35);14-16,19-20,31H,9-13,17-18H2,1-8H3,(H,29,33)(H,30,35);1H4/t20-,21+;19-,20+;/m11./s1. The summed E-state index contributed by atoms with van der Waals surface area (Å²) in [6, 6.07) is 9.95. The lowest BCUT2D eigenvalue weighted by Crippen LogP contribution is -2.40. The number of benzene rings is 2. The number of ether oxygens (including phenoxy) is 2. The predicted molar refractivity (Wildman–Crippen MR) is 310 cm³/mol. The van der Waals surface area contributed by atoms with E-state index in [-0.39, 0.29) is 110 Å². The molecule has 0 heterocycles. The van der Waals surface area contributed by atoms with Crippen LogP contribution in [0, 0.1) is 11.8 Å². The summed E-state index contributed by atoms with van der Waals surface area (Å²) in [6.45, 7) is 31.2. The van der Waals surface area contributed by atoms with E-state index in [1.54, 1.807) is 33.8 Å². The molecule has 17 nitrogen and oxygen atoms in total. The Balaban J connectivity index is 0.00000148. The number of nitrogens with one attached hydrogen (secondary N) is 4. The molecule has 0 aromatic heterocycles. The molecule has 2 rings (SSSR count). The highest BCUT2D eigenvalue weighted by atomic mass is 28.4. The fraction of sp³-hybridized carbons (Fsp3) is 0.655. The van der Waals surface area contributed by atoms with Crippen molar-refractivity contribution in [2.45, 2.75) is 222 Å². The van der Waals surface area contributed by atoms with Gasteiger partial charge in [0.25, 0.3) is 0 Å². The molecule has 0 saturated carbocycles. The van der Waals surface area contributed by atoms with Gasteiger partial charge < -0.3 is 44.7 Å². The molecule has 5 N–H and O–H groups in total. The molecule has 2 aromatic rings. The number of amides is 4. The van der Waals surface area contributed by atoms with Gasteiger partial charge in [0.15, 0.2) is 28.2 Å². The first-order valence-corrected chi connectivity index (χ1v) is 32.5. The van der Waals surface area contributed by atoms with Crippen LogP contribution in [0.15, 0.2) is 36.4 Å². The van der Waals surface area contributed by atoms with Crippen LogP contribution in [0.1, 0.15) is 170 Å². The van der Waals surface area contributed by atoms with E-state index in [9.17, 15) is 43.5 Å². The van der Waals surface area contributed by atoms with E-state index in [1.165, 1.54) is 14.2 Å². The highest BCUT2D eigenvalue weighted by Gasteiger charge is 2.38. The summed E-state index contributed by atoms with van der Waals surface area (Å²) in [5.41, 5.74) is 4.84. The number of aliphatic hydroxyl groups excluding tert-OH is 1. The Hall–Kier alpha value is -5.09. The Morgan fingerprint density at radius 1 is 0.532 bits per heavy atom. The number of carbonyl (C=O) groups excluding carboxylic acids is 8. The van der Waals surface area contributed by atoms with Crippen LogP contribution in [-0.2, 0) is 82.9 Å². The van der Waals surface area contributed by atoms with Crippen molar-refractivity contribution in [1.82, 2.24) is 10.6 Å². The number of rotatable bonds is 30. The number of hydrogen-bond donors (Lipinski definition) is 5. The van der Waals surface area contributed by atoms with Crippen LogP contribution >= 0.6 is 0 Å². The first-order chi connectivity index (χ1) is 35.2. The van der Waals surface area contributed by atoms with E-state index in [0.717, 1.165) is 23.1 Å². The third-order valence-corrected chi connectivity index (χ3v) is 23.2. The summed E-state index contributed by atoms with van der Waals surface area (Å²) >= 11 is 0. The Labute approximate surface area is 463 Å². The second-order valence-electron chi connectivity index (χ2n) is 23.0. The van der Waals surface area contributed by atoms with Gasteiger partial charge in [0.2, 0.25) is 23.6 Å². The van der Waals surface area contributed by atoms with Crippen LogP contribution in [-0.4, -0.2) is 95.2 Å². The minimum atomic E-state index is -1.98. The molecule has 0 spiro atoms. The molecule has 0 saturated heterocycles. The molecule has 0 unspecified atom stereocenters. The summed E-state index contributed by atoms with van der Waals surface area (Å²) in [4.78, 5) is 97.5. The zero-order chi connectivity index (χ0) is 58.2. The minimum absolute atomic E-state index is 0. The Kier molecular flexibility index (Phi) is 31.8. The number of anilines is 2. The first-order valence-electron chi connectivity index (χ1n) is 26.7. The number of carbonyl (C=O) groups is 8. The summed E-state index contributed by atoms with van der Waals surface area (Å²) in [6.07, 6.45) is 3.86. The van der Waals surface area contributed by atoms with E-state index in [4.69, 9.17) is 8.85 Å². The summed E-state index contributed by atoms with van der Waals surface area (Å²) in [5.74, 6) is -3.36. The zero-order valence-corrected chi connectivity index (χ0v) is 51.0. The van der Waals surface area contributed by atoms with Gasteiger partial charge in [0, 0.05) is 61.7 Å². The van der Waals surface area contributed by atoms with Crippen molar-refractivity contribution in [2.75, 3.05) is 24.9 Å². The largest absolute Gasteiger partial charge is 0.469 e. The van der Waals surface area contributed by atoms with E-state index < -0.39 is 40.6 Å². The molecule has 2 aromatic carbocycles. The third kappa shape index (κ3) is 27.4. The van der Waals surface area contributed by atoms with Gasteiger partial charge in [0.05, 0.1) is 46.1 Å². The molecule has 4 amide bonds. The molecule has 436 valence electrons. The van der Waals surface area contributed by atoms with Crippen LogP contribution in [0.5, 0.6) is 0 Å². The van der Waals surface area contributed by atoms with Crippen LogP contribution in [0.4, 0.5) is 11.4 Å². The number of methoxy groups -OCH3 is 2. The monoisotopic (exact) mass is 1110 g/mol. The quantitative estimate of drug-likeness (QED) is 0.0278. The molecular formula is C58H98N4O13Si2. The maximum atomic E-state index is 12.9. The van der Waals surface area contributed by atoms with Crippen molar-refractivity contribution in [3.05, 3.63) is 58.7 Å². The molecule has 0 bridgehead atoms. The number of aryl methyl sites for hydroxylation is 1. The zero-order valence-electron chi connectivity index (χ0n) is 49.0. The van der Waals surface area contributed by atoms with E-state index in [1.807, 2.05) is 24.3 Å². The van der Waals surface area contributed by atoms with Crippen molar-refractivity contribution in [1.29, 1.82) is 0 Å². The van der Waals surface area contributed by atoms with Crippen LogP contribution < -0.4 is 21.3 Å². The number of Topliss-reactive ketones (excluding diaryl/α,β-unsaturated/α-hetero) is 2. The lowest BCUT2D eigenvalue weighted by molar-refractivity contribution is -0.141. The van der Waals surface area contributed by atoms with Crippen LogP contribution in [0.2, 0.25) is 36.3 Å². The van der Waals surface area contributed by atoms with Crippen LogP contribution in [0.25, 0.3) is 0 Å². The molecular weight excluding hydrogens is 1020 g/mol. The maximum absolute atomic E-state index is 12.9. The van der Waals surface area contributed by atoms with Gasteiger partial charge in [-0.05, 0) is 129 Å². The Bertz CT molecular complexity index is 2100. The molecule has 0 radical (unpaired) electrons. The molecule has 77 heavy (non-hydrogen) atoms. The van der Waals surface area contributed by atoms with Crippen molar-refractivity contribution >= 4 is 75.1 Å². The number of aliphatic hydroxyl groups is 1. The average Bonchev–Trinajstić information content (AvgIpc) is 3.34. The Morgan fingerprint density at radius 3 is 1.18 bits per heavy atom. The topological polar surface area (TPSA) is 242 Å². The smallest absolute Gasteiger partial charge is 0.305 e. The van der Waals surface area contributed by atoms with Gasteiger partial charge in [-0.1, -0.05) is 81.9 Å². The summed E-state index contributed by atoms with van der Waals surface area (Å²) in [7, 11) is -1.24. The second kappa shape index (κ2) is 34.0. The van der Waals surface area contributed by atoms with Crippen molar-refractivity contribution in [3.63, 3.8) is 0 Å². The number of unbranched alkanes of at least 4 members (excludes halogenated alkanes) is 2. The van der Waals surface area contributed by atoms with Gasteiger partial charge in [-0.3, -0.25) is 38.4 Å². The van der Waals surface area contributed by atoms with E-state index >= 15 is 0 Å². The molecule has 19 heteroatoms. The molecule has 0 aliphatic carbocycles. The average molecular weight is 1120 g/mol. The molecule has 0 aliphatic rings.